The van der Waals surface area contributed by atoms with Gasteiger partial charge < -0.3 is 20.3 Å². The smallest absolute Gasteiger partial charge is 0.234 e. The van der Waals surface area contributed by atoms with E-state index in [0.717, 1.165) is 24.5 Å². The number of ether oxygens (including phenoxy) is 1. The van der Waals surface area contributed by atoms with Crippen LogP contribution in [0.1, 0.15) is 16.7 Å². The molecule has 1 aliphatic heterocycles. The number of rotatable bonds is 5. The quantitative estimate of drug-likeness (QED) is 0.624. The first-order valence-electron chi connectivity index (χ1n) is 9.15. The maximum absolute atomic E-state index is 13.0. The van der Waals surface area contributed by atoms with Crippen LogP contribution in [0, 0.1) is 5.82 Å². The van der Waals surface area contributed by atoms with Crippen LogP contribution in [-0.2, 0) is 19.6 Å². The van der Waals surface area contributed by atoms with Crippen LogP contribution in [0.15, 0.2) is 54.6 Å². The summed E-state index contributed by atoms with van der Waals surface area (Å²) in [5.74, 6) is 1.30. The molecule has 0 amide bonds. The fraction of sp³-hybridized carbons (Fsp3) is 0.190. The van der Waals surface area contributed by atoms with E-state index in [4.69, 9.17) is 17.0 Å². The topological polar surface area (TPSA) is 62.3 Å². The van der Waals surface area contributed by atoms with Gasteiger partial charge in [-0.05, 0) is 41.0 Å². The molecule has 1 aliphatic rings. The standard InChI is InChI=1S/C21H20FN5OS/c1-28-19-10-18(27-12-15-4-2-3-5-16(15)13-27)24-20(25-19)26-21(29)23-11-14-6-8-17(22)9-7-14/h2-10H,11-13H2,1H3,(H2,23,24,25,26,29). The van der Waals surface area contributed by atoms with Gasteiger partial charge in [-0.3, -0.25) is 0 Å². The van der Waals surface area contributed by atoms with E-state index in [1.54, 1.807) is 19.2 Å². The van der Waals surface area contributed by atoms with Crippen molar-refractivity contribution >= 4 is 29.1 Å². The summed E-state index contributed by atoms with van der Waals surface area (Å²) < 4.78 is 18.3. The fourth-order valence-electron chi connectivity index (χ4n) is 3.16. The van der Waals surface area contributed by atoms with E-state index in [1.165, 1.54) is 23.3 Å². The molecule has 0 aliphatic carbocycles. The number of methoxy groups -OCH3 is 1. The number of benzene rings is 2. The molecule has 2 N–H and O–H groups in total. The van der Waals surface area contributed by atoms with E-state index >= 15 is 0 Å². The predicted octanol–water partition coefficient (Wildman–Crippen LogP) is 3.63. The Morgan fingerprint density at radius 3 is 2.45 bits per heavy atom. The third-order valence-corrected chi connectivity index (χ3v) is 4.90. The summed E-state index contributed by atoms with van der Waals surface area (Å²) in [4.78, 5) is 11.1. The van der Waals surface area contributed by atoms with Gasteiger partial charge in [0.25, 0.3) is 0 Å². The lowest BCUT2D eigenvalue weighted by atomic mass is 10.1. The van der Waals surface area contributed by atoms with Crippen LogP contribution < -0.4 is 20.3 Å². The molecule has 1 aromatic heterocycles. The van der Waals surface area contributed by atoms with Crippen LogP contribution in [0.2, 0.25) is 0 Å². The predicted molar refractivity (Wildman–Crippen MR) is 114 cm³/mol. The zero-order valence-electron chi connectivity index (χ0n) is 15.9. The second kappa shape index (κ2) is 8.40. The van der Waals surface area contributed by atoms with Crippen LogP contribution in [0.5, 0.6) is 5.88 Å². The van der Waals surface area contributed by atoms with E-state index in [1.807, 2.05) is 18.2 Å². The summed E-state index contributed by atoms with van der Waals surface area (Å²) in [7, 11) is 1.57. The average Bonchev–Trinajstić information content (AvgIpc) is 3.17. The molecule has 148 valence electrons. The summed E-state index contributed by atoms with van der Waals surface area (Å²) >= 11 is 5.34. The Balaban J connectivity index is 1.44. The molecule has 8 heteroatoms. The minimum Gasteiger partial charge on any atom is -0.481 e. The van der Waals surface area contributed by atoms with E-state index in [-0.39, 0.29) is 5.82 Å². The Morgan fingerprint density at radius 1 is 1.10 bits per heavy atom. The van der Waals surface area contributed by atoms with Crippen molar-refractivity contribution in [2.75, 3.05) is 17.3 Å². The van der Waals surface area contributed by atoms with Crippen molar-refractivity contribution in [3.63, 3.8) is 0 Å². The maximum Gasteiger partial charge on any atom is 0.234 e. The van der Waals surface area contributed by atoms with Gasteiger partial charge in [0.15, 0.2) is 5.11 Å². The molecule has 2 heterocycles. The van der Waals surface area contributed by atoms with Crippen LogP contribution in [0.3, 0.4) is 0 Å². The molecule has 0 spiro atoms. The third-order valence-electron chi connectivity index (χ3n) is 4.65. The van der Waals surface area contributed by atoms with Crippen LogP contribution in [0.25, 0.3) is 0 Å². The van der Waals surface area contributed by atoms with Crippen molar-refractivity contribution in [3.05, 3.63) is 77.1 Å². The Bertz CT molecular complexity index is 1000. The first-order valence-corrected chi connectivity index (χ1v) is 9.55. The third kappa shape index (κ3) is 4.60. The zero-order valence-corrected chi connectivity index (χ0v) is 16.7. The second-order valence-corrected chi connectivity index (χ2v) is 7.06. The van der Waals surface area contributed by atoms with Gasteiger partial charge in [0, 0.05) is 25.7 Å². The molecule has 0 saturated carbocycles. The molecule has 0 radical (unpaired) electrons. The number of halogens is 1. The van der Waals surface area contributed by atoms with Gasteiger partial charge in [0.05, 0.1) is 7.11 Å². The molecule has 2 aromatic carbocycles. The van der Waals surface area contributed by atoms with Gasteiger partial charge in [-0.15, -0.1) is 0 Å². The maximum atomic E-state index is 13.0. The van der Waals surface area contributed by atoms with Crippen molar-refractivity contribution in [1.82, 2.24) is 15.3 Å². The number of thiocarbonyl (C=S) groups is 1. The fourth-order valence-corrected chi connectivity index (χ4v) is 3.32. The normalized spacial score (nSPS) is 12.4. The lowest BCUT2D eigenvalue weighted by Crippen LogP contribution is -2.29. The Morgan fingerprint density at radius 2 is 1.79 bits per heavy atom. The molecule has 0 atom stereocenters. The van der Waals surface area contributed by atoms with Crippen molar-refractivity contribution in [2.45, 2.75) is 19.6 Å². The van der Waals surface area contributed by atoms with Gasteiger partial charge in [-0.25, -0.2) is 4.39 Å². The molecule has 0 bridgehead atoms. The zero-order chi connectivity index (χ0) is 20.2. The number of nitrogens with one attached hydrogen (secondary N) is 2. The molecular weight excluding hydrogens is 389 g/mol. The van der Waals surface area contributed by atoms with Crippen molar-refractivity contribution in [1.29, 1.82) is 0 Å². The highest BCUT2D eigenvalue weighted by Gasteiger charge is 2.21. The SMILES string of the molecule is COc1cc(N2Cc3ccccc3C2)nc(NC(=S)NCc2ccc(F)cc2)n1. The Hall–Kier alpha value is -3.26. The second-order valence-electron chi connectivity index (χ2n) is 6.65. The van der Waals surface area contributed by atoms with Crippen LogP contribution >= 0.6 is 12.2 Å². The largest absolute Gasteiger partial charge is 0.481 e. The molecule has 0 saturated heterocycles. The monoisotopic (exact) mass is 409 g/mol. The van der Waals surface area contributed by atoms with Crippen molar-refractivity contribution in [3.8, 4) is 5.88 Å². The highest BCUT2D eigenvalue weighted by Crippen LogP contribution is 2.29. The molecule has 29 heavy (non-hydrogen) atoms. The average molecular weight is 409 g/mol. The first kappa shape index (κ1) is 19.1. The Kier molecular flexibility index (Phi) is 5.53. The number of aromatic nitrogens is 2. The summed E-state index contributed by atoms with van der Waals surface area (Å²) in [6.45, 7) is 2.02. The number of hydrogen-bond acceptors (Lipinski definition) is 5. The summed E-state index contributed by atoms with van der Waals surface area (Å²) in [5, 5.41) is 6.45. The Labute approximate surface area is 173 Å². The van der Waals surface area contributed by atoms with Crippen molar-refractivity contribution in [2.24, 2.45) is 0 Å². The summed E-state index contributed by atoms with van der Waals surface area (Å²) in [5.41, 5.74) is 3.49. The molecule has 0 fully saturated rings. The highest BCUT2D eigenvalue weighted by atomic mass is 32.1. The van der Waals surface area contributed by atoms with Gasteiger partial charge >= 0.3 is 0 Å². The molecule has 0 unspecified atom stereocenters. The van der Waals surface area contributed by atoms with E-state index < -0.39 is 0 Å². The van der Waals surface area contributed by atoms with E-state index in [9.17, 15) is 4.39 Å². The lowest BCUT2D eigenvalue weighted by Gasteiger charge is -2.18. The molecule has 4 rings (SSSR count). The minimum atomic E-state index is -0.268. The van der Waals surface area contributed by atoms with Crippen LogP contribution in [-0.4, -0.2) is 22.2 Å². The van der Waals surface area contributed by atoms with Gasteiger partial charge in [-0.1, -0.05) is 36.4 Å². The highest BCUT2D eigenvalue weighted by molar-refractivity contribution is 7.80. The molecular formula is C21H20FN5OS. The minimum absolute atomic E-state index is 0.268. The van der Waals surface area contributed by atoms with Gasteiger partial charge in [0.2, 0.25) is 11.8 Å². The lowest BCUT2D eigenvalue weighted by molar-refractivity contribution is 0.397. The van der Waals surface area contributed by atoms with Crippen LogP contribution in [0.4, 0.5) is 16.2 Å². The van der Waals surface area contributed by atoms with Gasteiger partial charge in [0.1, 0.15) is 11.6 Å². The number of hydrogen-bond donors (Lipinski definition) is 2. The number of fused-ring (bicyclic) bond motifs is 1. The summed E-state index contributed by atoms with van der Waals surface area (Å²) in [6.07, 6.45) is 0. The number of anilines is 2. The first-order chi connectivity index (χ1) is 14.1. The van der Waals surface area contributed by atoms with Crippen molar-refractivity contribution < 1.29 is 9.13 Å². The molecule has 6 nitrogen and oxygen atoms in total. The summed E-state index contributed by atoms with van der Waals surface area (Å²) in [6, 6.07) is 16.4. The molecule has 3 aromatic rings. The number of nitrogens with zero attached hydrogens (tertiary/aromatic N) is 3. The van der Waals surface area contributed by atoms with E-state index in [2.05, 4.69) is 37.6 Å². The van der Waals surface area contributed by atoms with E-state index in [0.29, 0.717) is 23.5 Å². The van der Waals surface area contributed by atoms with Gasteiger partial charge in [-0.2, -0.15) is 9.97 Å².